The van der Waals surface area contributed by atoms with Crippen LogP contribution >= 0.6 is 0 Å². The standard InChI is InChI=1S/C21H20F3N5O3S/c22-21(23,24)17-8-4-7-16(11-17)20-25-27-29(26-20)13-19(30)28(12-15-5-2-1-3-6-15)18-9-10-33(31,32)14-18/h1-8,11,18H,9-10,12-14H2/t18-/m1/s1. The molecule has 0 saturated carbocycles. The molecule has 1 amide bonds. The van der Waals surface area contributed by atoms with Gasteiger partial charge in [0.15, 0.2) is 9.84 Å². The molecule has 2 heterocycles. The molecule has 0 aliphatic carbocycles. The van der Waals surface area contributed by atoms with Gasteiger partial charge in [-0.3, -0.25) is 4.79 Å². The molecule has 12 heteroatoms. The Morgan fingerprint density at radius 3 is 2.55 bits per heavy atom. The highest BCUT2D eigenvalue weighted by atomic mass is 32.2. The summed E-state index contributed by atoms with van der Waals surface area (Å²) in [5.74, 6) is -0.565. The van der Waals surface area contributed by atoms with Crippen molar-refractivity contribution in [2.75, 3.05) is 11.5 Å². The van der Waals surface area contributed by atoms with Crippen molar-refractivity contribution < 1.29 is 26.4 Å². The summed E-state index contributed by atoms with van der Waals surface area (Å²) in [7, 11) is -3.22. The van der Waals surface area contributed by atoms with E-state index >= 15 is 0 Å². The SMILES string of the molecule is O=C(Cn1nnc(-c2cccc(C(F)(F)F)c2)n1)N(Cc1ccccc1)[C@@H]1CCS(=O)(=O)C1. The molecule has 1 fully saturated rings. The van der Waals surface area contributed by atoms with Crippen molar-refractivity contribution in [3.63, 3.8) is 0 Å². The van der Waals surface area contributed by atoms with Gasteiger partial charge in [0.1, 0.15) is 6.54 Å². The zero-order valence-electron chi connectivity index (χ0n) is 17.3. The minimum absolute atomic E-state index is 0.0114. The molecule has 3 aromatic rings. The molecule has 1 saturated heterocycles. The lowest BCUT2D eigenvalue weighted by atomic mass is 10.1. The first-order valence-corrected chi connectivity index (χ1v) is 11.9. The number of aromatic nitrogens is 4. The van der Waals surface area contributed by atoms with Crippen LogP contribution < -0.4 is 0 Å². The van der Waals surface area contributed by atoms with E-state index in [1.54, 1.807) is 0 Å². The number of sulfone groups is 1. The lowest BCUT2D eigenvalue weighted by molar-refractivity contribution is -0.137. The summed E-state index contributed by atoms with van der Waals surface area (Å²) in [6, 6.07) is 13.2. The van der Waals surface area contributed by atoms with E-state index in [0.29, 0.717) is 6.42 Å². The van der Waals surface area contributed by atoms with Crippen molar-refractivity contribution >= 4 is 15.7 Å². The second-order valence-electron chi connectivity index (χ2n) is 7.79. The number of amides is 1. The maximum Gasteiger partial charge on any atom is 0.416 e. The molecular formula is C21H20F3N5O3S. The Labute approximate surface area is 187 Å². The smallest absolute Gasteiger partial charge is 0.333 e. The van der Waals surface area contributed by atoms with Crippen LogP contribution in [-0.2, 0) is 33.9 Å². The Bertz CT molecular complexity index is 1250. The summed E-state index contributed by atoms with van der Waals surface area (Å²) in [5, 5.41) is 11.6. The minimum Gasteiger partial charge on any atom is -0.333 e. The van der Waals surface area contributed by atoms with Crippen LogP contribution in [0.1, 0.15) is 17.5 Å². The number of benzene rings is 2. The van der Waals surface area contributed by atoms with Gasteiger partial charge in [0.2, 0.25) is 11.7 Å². The fourth-order valence-corrected chi connectivity index (χ4v) is 5.43. The molecule has 0 unspecified atom stereocenters. The van der Waals surface area contributed by atoms with Gasteiger partial charge < -0.3 is 4.90 Å². The van der Waals surface area contributed by atoms with Crippen LogP contribution in [0.15, 0.2) is 54.6 Å². The number of hydrogen-bond acceptors (Lipinski definition) is 6. The highest BCUT2D eigenvalue weighted by Gasteiger charge is 2.35. The second kappa shape index (κ2) is 8.93. The molecule has 1 aliphatic heterocycles. The number of halogens is 3. The number of alkyl halides is 3. The van der Waals surface area contributed by atoms with Gasteiger partial charge in [0, 0.05) is 18.2 Å². The predicted octanol–water partition coefficient (Wildman–Crippen LogP) is 2.57. The van der Waals surface area contributed by atoms with Crippen LogP contribution in [0.4, 0.5) is 13.2 Å². The maximum absolute atomic E-state index is 13.1. The molecule has 0 bridgehead atoms. The molecule has 8 nitrogen and oxygen atoms in total. The molecule has 0 spiro atoms. The van der Waals surface area contributed by atoms with Crippen molar-refractivity contribution in [2.45, 2.75) is 31.7 Å². The normalized spacial score (nSPS) is 17.7. The molecule has 33 heavy (non-hydrogen) atoms. The van der Waals surface area contributed by atoms with E-state index in [2.05, 4.69) is 15.4 Å². The summed E-state index contributed by atoms with van der Waals surface area (Å²) >= 11 is 0. The summed E-state index contributed by atoms with van der Waals surface area (Å²) in [6.07, 6.45) is -4.18. The van der Waals surface area contributed by atoms with E-state index in [4.69, 9.17) is 0 Å². The van der Waals surface area contributed by atoms with Crippen LogP contribution in [0.3, 0.4) is 0 Å². The Kier molecular flexibility index (Phi) is 6.19. The third kappa shape index (κ3) is 5.56. The summed E-state index contributed by atoms with van der Waals surface area (Å²) in [4.78, 5) is 15.6. The molecule has 1 atom stereocenters. The van der Waals surface area contributed by atoms with Crippen LogP contribution in [0.5, 0.6) is 0 Å². The molecular weight excluding hydrogens is 459 g/mol. The van der Waals surface area contributed by atoms with Crippen molar-refractivity contribution in [3.8, 4) is 11.4 Å². The number of carbonyl (C=O) groups is 1. The average Bonchev–Trinajstić information content (AvgIpc) is 3.38. The largest absolute Gasteiger partial charge is 0.416 e. The van der Waals surface area contributed by atoms with Crippen LogP contribution in [0, 0.1) is 0 Å². The predicted molar refractivity (Wildman–Crippen MR) is 112 cm³/mol. The van der Waals surface area contributed by atoms with Crippen molar-refractivity contribution in [1.82, 2.24) is 25.1 Å². The molecule has 1 aliphatic rings. The summed E-state index contributed by atoms with van der Waals surface area (Å²) < 4.78 is 62.9. The van der Waals surface area contributed by atoms with Gasteiger partial charge in [-0.05, 0) is 29.3 Å². The van der Waals surface area contributed by atoms with Gasteiger partial charge in [-0.1, -0.05) is 42.5 Å². The van der Waals surface area contributed by atoms with Crippen LogP contribution in [0.2, 0.25) is 0 Å². The topological polar surface area (TPSA) is 98.1 Å². The molecule has 0 N–H and O–H groups in total. The van der Waals surface area contributed by atoms with Gasteiger partial charge >= 0.3 is 6.18 Å². The van der Waals surface area contributed by atoms with E-state index in [1.165, 1.54) is 17.0 Å². The first-order chi connectivity index (χ1) is 15.6. The Morgan fingerprint density at radius 1 is 1.12 bits per heavy atom. The third-order valence-electron chi connectivity index (χ3n) is 5.34. The molecule has 174 valence electrons. The summed E-state index contributed by atoms with van der Waals surface area (Å²) in [6.45, 7) is -0.107. The maximum atomic E-state index is 13.1. The molecule has 0 radical (unpaired) electrons. The number of carbonyl (C=O) groups excluding carboxylic acids is 1. The fourth-order valence-electron chi connectivity index (χ4n) is 3.69. The number of tetrazole rings is 1. The van der Waals surface area contributed by atoms with E-state index in [0.717, 1.165) is 22.5 Å². The van der Waals surface area contributed by atoms with Crippen LogP contribution in [0.25, 0.3) is 11.4 Å². The average molecular weight is 479 g/mol. The lowest BCUT2D eigenvalue weighted by Crippen LogP contribution is -2.42. The number of hydrogen-bond donors (Lipinski definition) is 0. The van der Waals surface area contributed by atoms with Crippen molar-refractivity contribution in [3.05, 3.63) is 65.7 Å². The lowest BCUT2D eigenvalue weighted by Gasteiger charge is -2.28. The minimum atomic E-state index is -4.51. The zero-order chi connectivity index (χ0) is 23.6. The van der Waals surface area contributed by atoms with Gasteiger partial charge in [-0.2, -0.15) is 18.0 Å². The number of rotatable bonds is 6. The second-order valence-corrected chi connectivity index (χ2v) is 10.0. The van der Waals surface area contributed by atoms with E-state index < -0.39 is 33.5 Å². The highest BCUT2D eigenvalue weighted by molar-refractivity contribution is 7.91. The van der Waals surface area contributed by atoms with E-state index in [9.17, 15) is 26.4 Å². The van der Waals surface area contributed by atoms with E-state index in [-0.39, 0.29) is 36.0 Å². The Hall–Kier alpha value is -3.28. The molecule has 2 aromatic carbocycles. The van der Waals surface area contributed by atoms with Crippen LogP contribution in [-0.4, -0.2) is 57.0 Å². The Morgan fingerprint density at radius 2 is 1.88 bits per heavy atom. The first-order valence-electron chi connectivity index (χ1n) is 10.1. The van der Waals surface area contributed by atoms with E-state index in [1.807, 2.05) is 30.3 Å². The zero-order valence-corrected chi connectivity index (χ0v) is 18.1. The summed E-state index contributed by atoms with van der Waals surface area (Å²) in [5.41, 5.74) is 0.113. The quantitative estimate of drug-likeness (QED) is 0.539. The number of nitrogens with zero attached hydrogens (tertiary/aromatic N) is 5. The van der Waals surface area contributed by atoms with Crippen molar-refractivity contribution in [2.24, 2.45) is 0 Å². The van der Waals surface area contributed by atoms with Gasteiger partial charge in [0.05, 0.1) is 17.1 Å². The monoisotopic (exact) mass is 479 g/mol. The fraction of sp³-hybridized carbons (Fsp3) is 0.333. The van der Waals surface area contributed by atoms with Gasteiger partial charge in [0.25, 0.3) is 0 Å². The highest BCUT2D eigenvalue weighted by Crippen LogP contribution is 2.31. The third-order valence-corrected chi connectivity index (χ3v) is 7.09. The molecule has 4 rings (SSSR count). The van der Waals surface area contributed by atoms with Gasteiger partial charge in [-0.15, -0.1) is 10.2 Å². The first kappa shape index (κ1) is 22.9. The Balaban J connectivity index is 1.53. The molecule has 1 aromatic heterocycles. The van der Waals surface area contributed by atoms with Gasteiger partial charge in [-0.25, -0.2) is 8.42 Å². The van der Waals surface area contributed by atoms with Crippen molar-refractivity contribution in [1.29, 1.82) is 0 Å².